The summed E-state index contributed by atoms with van der Waals surface area (Å²) in [6.07, 6.45) is 7.85. The maximum absolute atomic E-state index is 4.71. The molecule has 0 unspecified atom stereocenters. The zero-order valence-corrected chi connectivity index (χ0v) is 13.8. The Hall–Kier alpha value is -2.67. The molecule has 3 aromatic heterocycles. The Morgan fingerprint density at radius 3 is 2.75 bits per heavy atom. The summed E-state index contributed by atoms with van der Waals surface area (Å²) >= 11 is 0. The Morgan fingerprint density at radius 2 is 2.00 bits per heavy atom. The van der Waals surface area contributed by atoms with Gasteiger partial charge in [-0.15, -0.1) is 0 Å². The predicted molar refractivity (Wildman–Crippen MR) is 88.8 cm³/mol. The third kappa shape index (κ3) is 2.90. The minimum absolute atomic E-state index is 0.697. The molecule has 0 aromatic carbocycles. The van der Waals surface area contributed by atoms with Gasteiger partial charge in [0.1, 0.15) is 6.33 Å². The summed E-state index contributed by atoms with van der Waals surface area (Å²) in [7, 11) is 1.98. The average Bonchev–Trinajstić information content (AvgIpc) is 2.92. The highest BCUT2D eigenvalue weighted by molar-refractivity contribution is 5.52. The molecule has 7 nitrogen and oxygen atoms in total. The van der Waals surface area contributed by atoms with Gasteiger partial charge in [0.25, 0.3) is 0 Å². The second-order valence-electron chi connectivity index (χ2n) is 6.15. The van der Waals surface area contributed by atoms with Crippen LogP contribution in [0.3, 0.4) is 0 Å². The van der Waals surface area contributed by atoms with Crippen molar-refractivity contribution in [3.8, 4) is 11.4 Å². The van der Waals surface area contributed by atoms with Crippen molar-refractivity contribution < 1.29 is 0 Å². The quantitative estimate of drug-likeness (QED) is 0.728. The Labute approximate surface area is 140 Å². The zero-order valence-electron chi connectivity index (χ0n) is 13.8. The molecular formula is C17H19N7. The van der Waals surface area contributed by atoms with Gasteiger partial charge in [0.05, 0.1) is 17.0 Å². The van der Waals surface area contributed by atoms with Gasteiger partial charge in [0.15, 0.2) is 5.82 Å². The monoisotopic (exact) mass is 321 g/mol. The van der Waals surface area contributed by atoms with E-state index in [2.05, 4.69) is 37.9 Å². The average molecular weight is 321 g/mol. The molecule has 0 fully saturated rings. The molecule has 0 radical (unpaired) electrons. The second-order valence-corrected chi connectivity index (χ2v) is 6.15. The first-order valence-electron chi connectivity index (χ1n) is 8.01. The summed E-state index contributed by atoms with van der Waals surface area (Å²) in [5, 5.41) is 4.54. The lowest BCUT2D eigenvalue weighted by molar-refractivity contribution is 0.239. The van der Waals surface area contributed by atoms with Gasteiger partial charge < -0.3 is 0 Å². The molecule has 4 rings (SSSR count). The summed E-state index contributed by atoms with van der Waals surface area (Å²) in [5.74, 6) is 0.697. The van der Waals surface area contributed by atoms with Gasteiger partial charge in [0, 0.05) is 63.0 Å². The van der Waals surface area contributed by atoms with Crippen LogP contribution in [-0.2, 0) is 26.6 Å². The lowest BCUT2D eigenvalue weighted by Crippen LogP contribution is -2.31. The molecule has 0 aliphatic carbocycles. The van der Waals surface area contributed by atoms with Crippen LogP contribution in [0.15, 0.2) is 31.0 Å². The lowest BCUT2D eigenvalue weighted by Gasteiger charge is -2.27. The van der Waals surface area contributed by atoms with Gasteiger partial charge in [-0.3, -0.25) is 9.58 Å². The van der Waals surface area contributed by atoms with Crippen molar-refractivity contribution in [2.75, 3.05) is 6.54 Å². The maximum Gasteiger partial charge on any atom is 0.162 e. The van der Waals surface area contributed by atoms with Gasteiger partial charge in [-0.2, -0.15) is 5.10 Å². The van der Waals surface area contributed by atoms with Crippen LogP contribution >= 0.6 is 0 Å². The van der Waals surface area contributed by atoms with E-state index < -0.39 is 0 Å². The normalized spacial score (nSPS) is 14.6. The summed E-state index contributed by atoms with van der Waals surface area (Å²) in [4.78, 5) is 19.6. The van der Waals surface area contributed by atoms with Crippen LogP contribution in [-0.4, -0.2) is 41.2 Å². The molecule has 24 heavy (non-hydrogen) atoms. The molecular weight excluding hydrogens is 302 g/mol. The number of hydrogen-bond donors (Lipinski definition) is 0. The van der Waals surface area contributed by atoms with E-state index in [9.17, 15) is 0 Å². The van der Waals surface area contributed by atoms with E-state index in [4.69, 9.17) is 4.98 Å². The van der Waals surface area contributed by atoms with Crippen LogP contribution in [0.25, 0.3) is 11.4 Å². The van der Waals surface area contributed by atoms with Gasteiger partial charge in [-0.05, 0) is 13.0 Å². The molecule has 4 heterocycles. The highest BCUT2D eigenvalue weighted by Gasteiger charge is 2.20. The molecule has 1 aliphatic heterocycles. The standard InChI is InChI=1S/C17H19N7/c1-12-5-15(22-23(12)2)10-24-4-3-16-14(9-24)8-20-17(21-16)13-6-18-11-19-7-13/h5-8,11H,3-4,9-10H2,1-2H3. The van der Waals surface area contributed by atoms with E-state index in [1.165, 1.54) is 17.6 Å². The molecule has 122 valence electrons. The third-order valence-electron chi connectivity index (χ3n) is 4.38. The van der Waals surface area contributed by atoms with E-state index in [0.29, 0.717) is 5.82 Å². The molecule has 0 amide bonds. The molecule has 0 spiro atoms. The molecule has 0 bridgehead atoms. The Kier molecular flexibility index (Phi) is 3.78. The Morgan fingerprint density at radius 1 is 1.17 bits per heavy atom. The molecule has 0 N–H and O–H groups in total. The van der Waals surface area contributed by atoms with Crippen LogP contribution < -0.4 is 0 Å². The number of hydrogen-bond acceptors (Lipinski definition) is 6. The second kappa shape index (κ2) is 6.09. The SMILES string of the molecule is Cc1cc(CN2CCc3nc(-c4cncnc4)ncc3C2)nn1C. The van der Waals surface area contributed by atoms with Crippen LogP contribution in [0.1, 0.15) is 22.6 Å². The van der Waals surface area contributed by atoms with E-state index >= 15 is 0 Å². The Balaban J connectivity index is 1.51. The molecule has 1 aliphatic rings. The lowest BCUT2D eigenvalue weighted by atomic mass is 10.1. The minimum atomic E-state index is 0.697. The highest BCUT2D eigenvalue weighted by Crippen LogP contribution is 2.21. The first kappa shape index (κ1) is 14.9. The van der Waals surface area contributed by atoms with Crippen molar-refractivity contribution in [1.29, 1.82) is 0 Å². The topological polar surface area (TPSA) is 72.6 Å². The first-order chi connectivity index (χ1) is 11.7. The third-order valence-corrected chi connectivity index (χ3v) is 4.38. The van der Waals surface area contributed by atoms with Gasteiger partial charge in [0.2, 0.25) is 0 Å². The van der Waals surface area contributed by atoms with Crippen molar-refractivity contribution in [2.45, 2.75) is 26.4 Å². The predicted octanol–water partition coefficient (Wildman–Crippen LogP) is 1.53. The van der Waals surface area contributed by atoms with E-state index in [1.54, 1.807) is 12.4 Å². The van der Waals surface area contributed by atoms with Crippen LogP contribution in [0.2, 0.25) is 0 Å². The van der Waals surface area contributed by atoms with Crippen LogP contribution in [0.4, 0.5) is 0 Å². The number of nitrogens with zero attached hydrogens (tertiary/aromatic N) is 7. The summed E-state index contributed by atoms with van der Waals surface area (Å²) in [5.41, 5.74) is 5.45. The van der Waals surface area contributed by atoms with E-state index in [0.717, 1.165) is 43.0 Å². The van der Waals surface area contributed by atoms with Crippen LogP contribution in [0.5, 0.6) is 0 Å². The molecule has 3 aromatic rings. The molecule has 0 atom stereocenters. The smallest absolute Gasteiger partial charge is 0.162 e. The Bertz CT molecular complexity index is 837. The highest BCUT2D eigenvalue weighted by atomic mass is 15.3. The number of aromatic nitrogens is 6. The van der Waals surface area contributed by atoms with E-state index in [1.807, 2.05) is 17.9 Å². The fourth-order valence-corrected chi connectivity index (χ4v) is 3.00. The molecule has 0 saturated carbocycles. The largest absolute Gasteiger partial charge is 0.293 e. The number of aryl methyl sites for hydroxylation is 2. The van der Waals surface area contributed by atoms with Crippen molar-refractivity contribution >= 4 is 0 Å². The fourth-order valence-electron chi connectivity index (χ4n) is 3.00. The number of rotatable bonds is 3. The first-order valence-corrected chi connectivity index (χ1v) is 8.01. The van der Waals surface area contributed by atoms with Crippen molar-refractivity contribution in [3.05, 3.63) is 53.6 Å². The van der Waals surface area contributed by atoms with Crippen molar-refractivity contribution in [3.63, 3.8) is 0 Å². The fraction of sp³-hybridized carbons (Fsp3) is 0.353. The van der Waals surface area contributed by atoms with Gasteiger partial charge >= 0.3 is 0 Å². The van der Waals surface area contributed by atoms with Crippen LogP contribution in [0, 0.1) is 6.92 Å². The summed E-state index contributed by atoms with van der Waals surface area (Å²) in [6.45, 7) is 4.76. The van der Waals surface area contributed by atoms with Gasteiger partial charge in [-0.25, -0.2) is 19.9 Å². The molecule has 0 saturated heterocycles. The van der Waals surface area contributed by atoms with Crippen molar-refractivity contribution in [2.24, 2.45) is 7.05 Å². The van der Waals surface area contributed by atoms with Crippen molar-refractivity contribution in [1.82, 2.24) is 34.6 Å². The van der Waals surface area contributed by atoms with Gasteiger partial charge in [-0.1, -0.05) is 0 Å². The zero-order chi connectivity index (χ0) is 16.5. The minimum Gasteiger partial charge on any atom is -0.293 e. The van der Waals surface area contributed by atoms with E-state index in [-0.39, 0.29) is 0 Å². The summed E-state index contributed by atoms with van der Waals surface area (Å²) < 4.78 is 1.92. The molecule has 7 heteroatoms. The maximum atomic E-state index is 4.71. The summed E-state index contributed by atoms with van der Waals surface area (Å²) in [6, 6.07) is 2.14. The number of fused-ring (bicyclic) bond motifs is 1.